The minimum atomic E-state index is -0.747. The largest absolute Gasteiger partial charge is 0.508 e. The number of phenolic OH excluding ortho intramolecular Hbond substituents is 1. The van der Waals surface area contributed by atoms with Gasteiger partial charge in [-0.25, -0.2) is 9.97 Å². The molecule has 0 radical (unpaired) electrons. The number of hydrogen-bond donors (Lipinski definition) is 3. The molecule has 2 heterocycles. The molecule has 0 saturated carbocycles. The normalized spacial score (nSPS) is 11.2. The SMILES string of the molecule is Cc1ccc(O)cc1-n1c(N)c(C(N)=O)c2nc3cccc(C(=O)N(C)C)c3nc21. The van der Waals surface area contributed by atoms with E-state index >= 15 is 0 Å². The molecule has 4 aromatic rings. The van der Waals surface area contributed by atoms with E-state index in [4.69, 9.17) is 11.5 Å². The van der Waals surface area contributed by atoms with E-state index in [2.05, 4.69) is 9.97 Å². The molecule has 0 saturated heterocycles. The van der Waals surface area contributed by atoms with Crippen molar-refractivity contribution in [2.45, 2.75) is 6.92 Å². The summed E-state index contributed by atoms with van der Waals surface area (Å²) in [6.45, 7) is 1.83. The maximum absolute atomic E-state index is 12.6. The van der Waals surface area contributed by atoms with Crippen LogP contribution in [0.1, 0.15) is 26.3 Å². The molecular weight excluding hydrogens is 384 g/mol. The van der Waals surface area contributed by atoms with Gasteiger partial charge in [0.25, 0.3) is 11.8 Å². The van der Waals surface area contributed by atoms with Crippen molar-refractivity contribution < 1.29 is 14.7 Å². The summed E-state index contributed by atoms with van der Waals surface area (Å²) < 4.78 is 1.52. The highest BCUT2D eigenvalue weighted by molar-refractivity contribution is 6.12. The average molecular weight is 404 g/mol. The zero-order valence-corrected chi connectivity index (χ0v) is 16.7. The van der Waals surface area contributed by atoms with E-state index in [9.17, 15) is 14.7 Å². The monoisotopic (exact) mass is 404 g/mol. The standard InChI is InChI=1S/C21H20N6O3/c1-10-7-8-11(28)9-14(10)27-18(22)15(19(23)29)17-20(27)25-16-12(21(30)26(2)3)5-4-6-13(16)24-17/h4-9,28H,22H2,1-3H3,(H2,23,29). The van der Waals surface area contributed by atoms with E-state index in [1.54, 1.807) is 44.4 Å². The number of fused-ring (bicyclic) bond motifs is 2. The van der Waals surface area contributed by atoms with Gasteiger partial charge in [-0.05, 0) is 30.7 Å². The van der Waals surface area contributed by atoms with Crippen molar-refractivity contribution in [3.05, 3.63) is 53.1 Å². The van der Waals surface area contributed by atoms with Crippen LogP contribution in [0, 0.1) is 6.92 Å². The van der Waals surface area contributed by atoms with Gasteiger partial charge in [-0.2, -0.15) is 0 Å². The molecule has 0 bridgehead atoms. The molecule has 5 N–H and O–H groups in total. The number of primary amides is 1. The van der Waals surface area contributed by atoms with Crippen LogP contribution >= 0.6 is 0 Å². The Balaban J connectivity index is 2.18. The lowest BCUT2D eigenvalue weighted by Gasteiger charge is -2.13. The molecule has 0 atom stereocenters. The van der Waals surface area contributed by atoms with Gasteiger partial charge in [-0.15, -0.1) is 0 Å². The van der Waals surface area contributed by atoms with E-state index in [1.807, 2.05) is 6.92 Å². The van der Waals surface area contributed by atoms with Crippen LogP contribution in [0.5, 0.6) is 5.75 Å². The van der Waals surface area contributed by atoms with Gasteiger partial charge in [-0.1, -0.05) is 12.1 Å². The first kappa shape index (κ1) is 19.2. The number of phenols is 1. The van der Waals surface area contributed by atoms with E-state index in [-0.39, 0.29) is 34.2 Å². The highest BCUT2D eigenvalue weighted by Gasteiger charge is 2.25. The Labute approximate surface area is 171 Å². The van der Waals surface area contributed by atoms with Gasteiger partial charge >= 0.3 is 0 Å². The highest BCUT2D eigenvalue weighted by atomic mass is 16.3. The summed E-state index contributed by atoms with van der Waals surface area (Å²) in [6.07, 6.45) is 0. The van der Waals surface area contributed by atoms with Crippen LogP contribution in [-0.2, 0) is 0 Å². The van der Waals surface area contributed by atoms with Crippen molar-refractivity contribution in [2.24, 2.45) is 5.73 Å². The van der Waals surface area contributed by atoms with Gasteiger partial charge in [0.1, 0.15) is 28.2 Å². The van der Waals surface area contributed by atoms with Crippen molar-refractivity contribution >= 4 is 39.8 Å². The van der Waals surface area contributed by atoms with Gasteiger partial charge in [0.15, 0.2) is 5.65 Å². The van der Waals surface area contributed by atoms with Crippen LogP contribution in [0.4, 0.5) is 5.82 Å². The second kappa shape index (κ2) is 6.73. The average Bonchev–Trinajstić information content (AvgIpc) is 2.97. The lowest BCUT2D eigenvalue weighted by atomic mass is 10.1. The molecule has 2 aromatic carbocycles. The summed E-state index contributed by atoms with van der Waals surface area (Å²) in [5.74, 6) is -0.899. The van der Waals surface area contributed by atoms with Crippen LogP contribution < -0.4 is 11.5 Å². The number of hydrogen-bond acceptors (Lipinski definition) is 6. The molecule has 4 rings (SSSR count). The molecular formula is C21H20N6O3. The third kappa shape index (κ3) is 2.79. The van der Waals surface area contributed by atoms with E-state index < -0.39 is 5.91 Å². The van der Waals surface area contributed by atoms with Gasteiger partial charge in [-0.3, -0.25) is 14.2 Å². The van der Waals surface area contributed by atoms with Gasteiger partial charge < -0.3 is 21.5 Å². The minimum Gasteiger partial charge on any atom is -0.508 e. The molecule has 0 aliphatic carbocycles. The summed E-state index contributed by atoms with van der Waals surface area (Å²) >= 11 is 0. The maximum atomic E-state index is 12.6. The number of aromatic nitrogens is 3. The van der Waals surface area contributed by atoms with Crippen molar-refractivity contribution in [3.63, 3.8) is 0 Å². The molecule has 152 valence electrons. The first-order chi connectivity index (χ1) is 14.2. The number of nitrogen functional groups attached to an aromatic ring is 1. The highest BCUT2D eigenvalue weighted by Crippen LogP contribution is 2.33. The number of carbonyl (C=O) groups is 2. The minimum absolute atomic E-state index is 0.0229. The van der Waals surface area contributed by atoms with Crippen molar-refractivity contribution in [2.75, 3.05) is 19.8 Å². The summed E-state index contributed by atoms with van der Waals surface area (Å²) in [5.41, 5.74) is 14.9. The van der Waals surface area contributed by atoms with E-state index in [0.717, 1.165) is 5.56 Å². The summed E-state index contributed by atoms with van der Waals surface area (Å²) in [6, 6.07) is 9.84. The van der Waals surface area contributed by atoms with E-state index in [1.165, 1.54) is 15.5 Å². The second-order valence-electron chi connectivity index (χ2n) is 7.20. The number of rotatable bonds is 3. The molecule has 0 aliphatic heterocycles. The van der Waals surface area contributed by atoms with Crippen molar-refractivity contribution in [1.82, 2.24) is 19.4 Å². The van der Waals surface area contributed by atoms with Gasteiger partial charge in [0.05, 0.1) is 16.8 Å². The molecule has 9 nitrogen and oxygen atoms in total. The lowest BCUT2D eigenvalue weighted by Crippen LogP contribution is -2.22. The number of amides is 2. The molecule has 2 aromatic heterocycles. The van der Waals surface area contributed by atoms with Crippen molar-refractivity contribution in [1.29, 1.82) is 0 Å². The lowest BCUT2D eigenvalue weighted by molar-refractivity contribution is 0.0829. The maximum Gasteiger partial charge on any atom is 0.255 e. The quantitative estimate of drug-likeness (QED) is 0.477. The van der Waals surface area contributed by atoms with E-state index in [0.29, 0.717) is 22.3 Å². The fourth-order valence-electron chi connectivity index (χ4n) is 3.48. The Hall–Kier alpha value is -4.14. The Bertz CT molecular complexity index is 1360. The Kier molecular flexibility index (Phi) is 4.30. The van der Waals surface area contributed by atoms with Crippen LogP contribution in [-0.4, -0.2) is 50.5 Å². The third-order valence-electron chi connectivity index (χ3n) is 4.94. The first-order valence-corrected chi connectivity index (χ1v) is 9.12. The van der Waals surface area contributed by atoms with Gasteiger partial charge in [0, 0.05) is 20.2 Å². The number of carbonyl (C=O) groups excluding carboxylic acids is 2. The predicted octanol–water partition coefficient (Wildman–Crippen LogP) is 1.97. The summed E-state index contributed by atoms with van der Waals surface area (Å²) in [7, 11) is 3.30. The Morgan fingerprint density at radius 1 is 1.10 bits per heavy atom. The number of nitrogens with zero attached hydrogens (tertiary/aromatic N) is 4. The van der Waals surface area contributed by atoms with Crippen molar-refractivity contribution in [3.8, 4) is 11.4 Å². The van der Waals surface area contributed by atoms with Crippen LogP contribution in [0.2, 0.25) is 0 Å². The fraction of sp³-hybridized carbons (Fsp3) is 0.143. The van der Waals surface area contributed by atoms with Gasteiger partial charge in [0.2, 0.25) is 0 Å². The van der Waals surface area contributed by atoms with Crippen LogP contribution in [0.3, 0.4) is 0 Å². The number of aryl methyl sites for hydroxylation is 1. The smallest absolute Gasteiger partial charge is 0.255 e. The fourth-order valence-corrected chi connectivity index (χ4v) is 3.48. The summed E-state index contributed by atoms with van der Waals surface area (Å²) in [5, 5.41) is 10.00. The second-order valence-corrected chi connectivity index (χ2v) is 7.20. The molecule has 9 heteroatoms. The number of aromatic hydroxyl groups is 1. The number of nitrogens with two attached hydrogens (primary N) is 2. The zero-order chi connectivity index (χ0) is 21.7. The number of benzene rings is 2. The number of anilines is 1. The van der Waals surface area contributed by atoms with Crippen LogP contribution in [0.15, 0.2) is 36.4 Å². The zero-order valence-electron chi connectivity index (χ0n) is 16.7. The predicted molar refractivity (Wildman–Crippen MR) is 114 cm³/mol. The third-order valence-corrected chi connectivity index (χ3v) is 4.94. The first-order valence-electron chi connectivity index (χ1n) is 9.12. The van der Waals surface area contributed by atoms with Crippen LogP contribution in [0.25, 0.3) is 27.9 Å². The Morgan fingerprint density at radius 3 is 2.50 bits per heavy atom. The molecule has 30 heavy (non-hydrogen) atoms. The number of para-hydroxylation sites is 1. The molecule has 0 spiro atoms. The Morgan fingerprint density at radius 2 is 1.83 bits per heavy atom. The molecule has 0 fully saturated rings. The molecule has 0 aliphatic rings. The molecule has 2 amide bonds. The summed E-state index contributed by atoms with van der Waals surface area (Å²) in [4.78, 5) is 35.5. The topological polar surface area (TPSA) is 140 Å². The molecule has 0 unspecified atom stereocenters.